The molecule has 0 atom stereocenters. The molecule has 1 aromatic heterocycles. The van der Waals surface area contributed by atoms with Gasteiger partial charge in [-0.05, 0) is 42.5 Å². The third-order valence-electron chi connectivity index (χ3n) is 3.06. The van der Waals surface area contributed by atoms with Crippen LogP contribution in [0.3, 0.4) is 0 Å². The monoisotopic (exact) mass is 359 g/mol. The molecule has 0 saturated carbocycles. The number of aromatic amines is 1. The minimum absolute atomic E-state index is 0.331. The average Bonchev–Trinajstić information content (AvgIpc) is 3.00. The zero-order valence-electron chi connectivity index (χ0n) is 11.3. The van der Waals surface area contributed by atoms with Gasteiger partial charge in [0.15, 0.2) is 0 Å². The van der Waals surface area contributed by atoms with E-state index in [1.165, 1.54) is 24.3 Å². The SMILES string of the molecule is O=C(Nc1ccc(F)cc1)c1cc(-c2ccc(Br)cc2)n[nH]1. The lowest BCUT2D eigenvalue weighted by Gasteiger charge is -2.02. The van der Waals surface area contributed by atoms with Crippen LogP contribution < -0.4 is 5.32 Å². The zero-order chi connectivity index (χ0) is 15.5. The van der Waals surface area contributed by atoms with E-state index in [-0.39, 0.29) is 11.7 Å². The Balaban J connectivity index is 1.76. The smallest absolute Gasteiger partial charge is 0.273 e. The molecule has 0 bridgehead atoms. The minimum Gasteiger partial charge on any atom is -0.321 e. The van der Waals surface area contributed by atoms with Crippen molar-refractivity contribution in [3.63, 3.8) is 0 Å². The van der Waals surface area contributed by atoms with Crippen molar-refractivity contribution in [1.29, 1.82) is 0 Å². The highest BCUT2D eigenvalue weighted by molar-refractivity contribution is 9.10. The number of benzene rings is 2. The summed E-state index contributed by atoms with van der Waals surface area (Å²) in [6.07, 6.45) is 0. The summed E-state index contributed by atoms with van der Waals surface area (Å²) in [5.74, 6) is -0.681. The third-order valence-corrected chi connectivity index (χ3v) is 3.59. The van der Waals surface area contributed by atoms with Crippen molar-refractivity contribution in [2.75, 3.05) is 5.32 Å². The molecule has 0 saturated heterocycles. The van der Waals surface area contributed by atoms with Gasteiger partial charge in [-0.3, -0.25) is 9.89 Å². The van der Waals surface area contributed by atoms with E-state index >= 15 is 0 Å². The highest BCUT2D eigenvalue weighted by Gasteiger charge is 2.11. The number of H-pyrrole nitrogens is 1. The maximum absolute atomic E-state index is 12.8. The van der Waals surface area contributed by atoms with Crippen molar-refractivity contribution in [2.45, 2.75) is 0 Å². The number of carbonyl (C=O) groups excluding carboxylic acids is 1. The molecule has 3 rings (SSSR count). The molecular formula is C16H11BrFN3O. The Labute approximate surface area is 134 Å². The number of nitrogens with zero attached hydrogens (tertiary/aromatic N) is 1. The number of hydrogen-bond acceptors (Lipinski definition) is 2. The second kappa shape index (κ2) is 6.11. The first-order valence-corrected chi connectivity index (χ1v) is 7.29. The van der Waals surface area contributed by atoms with Crippen LogP contribution in [0.4, 0.5) is 10.1 Å². The van der Waals surface area contributed by atoms with Crippen molar-refractivity contribution in [3.05, 3.63) is 70.6 Å². The van der Waals surface area contributed by atoms with Crippen LogP contribution in [-0.2, 0) is 0 Å². The van der Waals surface area contributed by atoms with E-state index in [2.05, 4.69) is 31.4 Å². The average molecular weight is 360 g/mol. The van der Waals surface area contributed by atoms with Gasteiger partial charge in [0, 0.05) is 15.7 Å². The maximum Gasteiger partial charge on any atom is 0.273 e. The van der Waals surface area contributed by atoms with Gasteiger partial charge in [0.05, 0.1) is 5.69 Å². The van der Waals surface area contributed by atoms with Gasteiger partial charge in [0.1, 0.15) is 11.5 Å². The lowest BCUT2D eigenvalue weighted by Crippen LogP contribution is -2.12. The normalized spacial score (nSPS) is 10.5. The van der Waals surface area contributed by atoms with Gasteiger partial charge in [-0.25, -0.2) is 4.39 Å². The maximum atomic E-state index is 12.8. The molecule has 0 spiro atoms. The number of hydrogen-bond donors (Lipinski definition) is 2. The van der Waals surface area contributed by atoms with Crippen LogP contribution in [0.2, 0.25) is 0 Å². The standard InChI is InChI=1S/C16H11BrFN3O/c17-11-3-1-10(2-4-11)14-9-15(21-20-14)16(22)19-13-7-5-12(18)6-8-13/h1-9H,(H,19,22)(H,20,21). The van der Waals surface area contributed by atoms with E-state index in [4.69, 9.17) is 0 Å². The van der Waals surface area contributed by atoms with Crippen LogP contribution in [0.15, 0.2) is 59.1 Å². The quantitative estimate of drug-likeness (QED) is 0.734. The highest BCUT2D eigenvalue weighted by Crippen LogP contribution is 2.21. The van der Waals surface area contributed by atoms with E-state index in [1.807, 2.05) is 24.3 Å². The lowest BCUT2D eigenvalue weighted by atomic mass is 10.1. The van der Waals surface area contributed by atoms with Crippen LogP contribution in [0, 0.1) is 5.82 Å². The summed E-state index contributed by atoms with van der Waals surface area (Å²) in [7, 11) is 0. The van der Waals surface area contributed by atoms with E-state index in [0.717, 1.165) is 10.0 Å². The third kappa shape index (κ3) is 3.23. The van der Waals surface area contributed by atoms with Gasteiger partial charge in [-0.1, -0.05) is 28.1 Å². The molecule has 3 aromatic rings. The van der Waals surface area contributed by atoms with Crippen molar-refractivity contribution in [2.24, 2.45) is 0 Å². The van der Waals surface area contributed by atoms with Crippen LogP contribution in [0.5, 0.6) is 0 Å². The molecule has 1 heterocycles. The Morgan fingerprint density at radius 3 is 2.45 bits per heavy atom. The van der Waals surface area contributed by atoms with E-state index in [9.17, 15) is 9.18 Å². The molecule has 6 heteroatoms. The number of halogens is 2. The highest BCUT2D eigenvalue weighted by atomic mass is 79.9. The largest absolute Gasteiger partial charge is 0.321 e. The Hall–Kier alpha value is -2.47. The Morgan fingerprint density at radius 1 is 1.09 bits per heavy atom. The number of nitrogens with one attached hydrogen (secondary N) is 2. The summed E-state index contributed by atoms with van der Waals surface area (Å²) in [5, 5.41) is 9.51. The number of anilines is 1. The first-order valence-electron chi connectivity index (χ1n) is 6.50. The molecule has 0 aliphatic carbocycles. The van der Waals surface area contributed by atoms with Gasteiger partial charge in [-0.15, -0.1) is 0 Å². The minimum atomic E-state index is -0.350. The Bertz CT molecular complexity index is 797. The fourth-order valence-electron chi connectivity index (χ4n) is 1.94. The molecule has 0 unspecified atom stereocenters. The number of rotatable bonds is 3. The summed E-state index contributed by atoms with van der Waals surface area (Å²) in [6.45, 7) is 0. The molecule has 2 aromatic carbocycles. The van der Waals surface area contributed by atoms with Crippen LogP contribution >= 0.6 is 15.9 Å². The predicted molar refractivity (Wildman–Crippen MR) is 86.1 cm³/mol. The zero-order valence-corrected chi connectivity index (χ0v) is 12.9. The molecule has 0 radical (unpaired) electrons. The van der Waals surface area contributed by atoms with Gasteiger partial charge in [0.25, 0.3) is 5.91 Å². The summed E-state index contributed by atoms with van der Waals surface area (Å²) in [4.78, 5) is 12.1. The van der Waals surface area contributed by atoms with Crippen LogP contribution in [-0.4, -0.2) is 16.1 Å². The molecule has 0 fully saturated rings. The number of amides is 1. The first-order chi connectivity index (χ1) is 10.6. The van der Waals surface area contributed by atoms with Gasteiger partial charge < -0.3 is 5.32 Å². The van der Waals surface area contributed by atoms with E-state index < -0.39 is 0 Å². The van der Waals surface area contributed by atoms with E-state index in [0.29, 0.717) is 17.1 Å². The molecule has 0 aliphatic rings. The fourth-order valence-corrected chi connectivity index (χ4v) is 2.20. The second-order valence-electron chi connectivity index (χ2n) is 4.63. The second-order valence-corrected chi connectivity index (χ2v) is 5.55. The number of carbonyl (C=O) groups is 1. The Kier molecular flexibility index (Phi) is 4.02. The van der Waals surface area contributed by atoms with Crippen LogP contribution in [0.1, 0.15) is 10.5 Å². The number of aromatic nitrogens is 2. The molecule has 110 valence electrons. The Morgan fingerprint density at radius 2 is 1.77 bits per heavy atom. The van der Waals surface area contributed by atoms with Crippen molar-refractivity contribution in [1.82, 2.24) is 10.2 Å². The molecule has 1 amide bonds. The summed E-state index contributed by atoms with van der Waals surface area (Å²) >= 11 is 3.37. The molecule has 2 N–H and O–H groups in total. The summed E-state index contributed by atoms with van der Waals surface area (Å²) < 4.78 is 13.8. The lowest BCUT2D eigenvalue weighted by molar-refractivity contribution is 0.102. The van der Waals surface area contributed by atoms with Gasteiger partial charge in [-0.2, -0.15) is 5.10 Å². The van der Waals surface area contributed by atoms with Gasteiger partial charge >= 0.3 is 0 Å². The molecule has 0 aliphatic heterocycles. The van der Waals surface area contributed by atoms with Crippen LogP contribution in [0.25, 0.3) is 11.3 Å². The van der Waals surface area contributed by atoms with E-state index in [1.54, 1.807) is 6.07 Å². The molecule has 4 nitrogen and oxygen atoms in total. The molecule has 22 heavy (non-hydrogen) atoms. The fraction of sp³-hybridized carbons (Fsp3) is 0. The summed E-state index contributed by atoms with van der Waals surface area (Å²) in [6, 6.07) is 14.9. The van der Waals surface area contributed by atoms with Crippen molar-refractivity contribution in [3.8, 4) is 11.3 Å². The molecular weight excluding hydrogens is 349 g/mol. The predicted octanol–water partition coefficient (Wildman–Crippen LogP) is 4.23. The van der Waals surface area contributed by atoms with Crippen molar-refractivity contribution >= 4 is 27.5 Å². The first kappa shape index (κ1) is 14.5. The van der Waals surface area contributed by atoms with Crippen molar-refractivity contribution < 1.29 is 9.18 Å². The topological polar surface area (TPSA) is 57.8 Å². The van der Waals surface area contributed by atoms with Gasteiger partial charge in [0.2, 0.25) is 0 Å². The summed E-state index contributed by atoms with van der Waals surface area (Å²) in [5.41, 5.74) is 2.44.